The molecule has 0 saturated carbocycles. The molecule has 0 spiro atoms. The van der Waals surface area contributed by atoms with Crippen molar-refractivity contribution in [3.8, 4) is 0 Å². The number of sulfonamides is 1. The van der Waals surface area contributed by atoms with E-state index in [-0.39, 0.29) is 11.4 Å². The molecule has 9 heteroatoms. The number of anilines is 1. The molecule has 21 heavy (non-hydrogen) atoms. The average molecular weight is 308 g/mol. The van der Waals surface area contributed by atoms with Gasteiger partial charge in [0.15, 0.2) is 0 Å². The van der Waals surface area contributed by atoms with Crippen molar-refractivity contribution in [2.45, 2.75) is 25.3 Å². The number of nitrogens with zero attached hydrogens (tertiary/aromatic N) is 4. The van der Waals surface area contributed by atoms with Crippen LogP contribution in [0.4, 0.5) is 5.95 Å². The first kappa shape index (κ1) is 15.3. The van der Waals surface area contributed by atoms with E-state index < -0.39 is 10.0 Å². The number of rotatable bonds is 6. The minimum absolute atomic E-state index is 0.00920. The van der Waals surface area contributed by atoms with Crippen LogP contribution in [-0.4, -0.2) is 34.9 Å². The van der Waals surface area contributed by atoms with E-state index in [0.717, 1.165) is 0 Å². The van der Waals surface area contributed by atoms with Crippen LogP contribution in [0.15, 0.2) is 29.6 Å². The highest BCUT2D eigenvalue weighted by Gasteiger charge is 2.15. The second-order valence-electron chi connectivity index (χ2n) is 4.19. The molecule has 0 bridgehead atoms. The molecular formula is C12H16N6O2S. The van der Waals surface area contributed by atoms with Crippen molar-refractivity contribution in [3.05, 3.63) is 36.2 Å². The molecule has 2 aromatic heterocycles. The molecule has 0 aromatic carbocycles. The fourth-order valence-corrected chi connectivity index (χ4v) is 2.45. The summed E-state index contributed by atoms with van der Waals surface area (Å²) in [6.45, 7) is 4.39. The van der Waals surface area contributed by atoms with Gasteiger partial charge in [-0.05, 0) is 19.9 Å². The zero-order chi connectivity index (χ0) is 15.3. The summed E-state index contributed by atoms with van der Waals surface area (Å²) in [4.78, 5) is 16.0. The van der Waals surface area contributed by atoms with Crippen LogP contribution in [0.1, 0.15) is 18.4 Å². The van der Waals surface area contributed by atoms with Crippen molar-refractivity contribution in [1.82, 2.24) is 24.7 Å². The first-order valence-corrected chi connectivity index (χ1v) is 7.83. The van der Waals surface area contributed by atoms with Crippen LogP contribution in [0.5, 0.6) is 0 Å². The van der Waals surface area contributed by atoms with Gasteiger partial charge in [0.25, 0.3) is 0 Å². The highest BCUT2D eigenvalue weighted by Crippen LogP contribution is 2.08. The molecule has 0 fully saturated rings. The molecule has 112 valence electrons. The molecule has 0 aliphatic carbocycles. The summed E-state index contributed by atoms with van der Waals surface area (Å²) in [5, 5.41) is 2.90. The second-order valence-corrected chi connectivity index (χ2v) is 5.96. The Morgan fingerprint density at radius 3 is 2.52 bits per heavy atom. The van der Waals surface area contributed by atoms with Gasteiger partial charge in [-0.15, -0.1) is 0 Å². The lowest BCUT2D eigenvalue weighted by molar-refractivity contribution is 0.579. The van der Waals surface area contributed by atoms with Gasteiger partial charge in [0.05, 0.1) is 24.6 Å². The Labute approximate surface area is 123 Å². The lowest BCUT2D eigenvalue weighted by atomic mass is 10.4. The largest absolute Gasteiger partial charge is 0.355 e. The van der Waals surface area contributed by atoms with E-state index >= 15 is 0 Å². The Morgan fingerprint density at radius 2 is 1.90 bits per heavy atom. The van der Waals surface area contributed by atoms with Gasteiger partial charge < -0.3 is 5.32 Å². The van der Waals surface area contributed by atoms with Gasteiger partial charge in [0.2, 0.25) is 16.0 Å². The maximum Gasteiger partial charge on any atom is 0.243 e. The van der Waals surface area contributed by atoms with Gasteiger partial charge in [0, 0.05) is 12.7 Å². The van der Waals surface area contributed by atoms with Gasteiger partial charge in [-0.1, -0.05) is 0 Å². The minimum atomic E-state index is -3.67. The maximum absolute atomic E-state index is 12.1. The van der Waals surface area contributed by atoms with Crippen LogP contribution in [0.25, 0.3) is 0 Å². The number of hydrogen-bond acceptors (Lipinski definition) is 7. The van der Waals surface area contributed by atoms with E-state index in [9.17, 15) is 8.42 Å². The van der Waals surface area contributed by atoms with E-state index in [1.54, 1.807) is 19.2 Å². The van der Waals surface area contributed by atoms with Gasteiger partial charge in [0.1, 0.15) is 10.7 Å². The number of aromatic nitrogens is 4. The number of nitrogens with one attached hydrogen (secondary N) is 2. The van der Waals surface area contributed by atoms with Crippen molar-refractivity contribution >= 4 is 16.0 Å². The minimum Gasteiger partial charge on any atom is -0.355 e. The third-order valence-electron chi connectivity index (χ3n) is 2.55. The molecule has 2 N–H and O–H groups in total. The second kappa shape index (κ2) is 6.55. The van der Waals surface area contributed by atoms with Crippen molar-refractivity contribution < 1.29 is 8.42 Å². The topological polar surface area (TPSA) is 110 Å². The molecule has 0 saturated heterocycles. The third kappa shape index (κ3) is 4.17. The van der Waals surface area contributed by atoms with Gasteiger partial charge in [-0.25, -0.2) is 33.1 Å². The standard InChI is InChI=1S/C12H16N6O2S/c1-3-13-12-15-7-11(8-16-12)21(19,20)17-6-10-4-5-14-9(2)18-10/h4-5,7-8,17H,3,6H2,1-2H3,(H,13,15,16). The zero-order valence-electron chi connectivity index (χ0n) is 11.7. The van der Waals surface area contributed by atoms with E-state index in [2.05, 4.69) is 30.0 Å². The Balaban J connectivity index is 2.07. The van der Waals surface area contributed by atoms with E-state index in [1.807, 2.05) is 6.92 Å². The fourth-order valence-electron chi connectivity index (χ4n) is 1.56. The van der Waals surface area contributed by atoms with Crippen molar-refractivity contribution in [1.29, 1.82) is 0 Å². The van der Waals surface area contributed by atoms with Gasteiger partial charge in [-0.3, -0.25) is 0 Å². The SMILES string of the molecule is CCNc1ncc(S(=O)(=O)NCc2ccnc(C)n2)cn1. The maximum atomic E-state index is 12.1. The van der Waals surface area contributed by atoms with Crippen LogP contribution in [0.3, 0.4) is 0 Å². The summed E-state index contributed by atoms with van der Waals surface area (Å²) in [5.74, 6) is 0.980. The van der Waals surface area contributed by atoms with E-state index in [0.29, 0.717) is 24.0 Å². The predicted molar refractivity (Wildman–Crippen MR) is 77.0 cm³/mol. The Bertz CT molecular complexity index is 702. The molecule has 2 rings (SSSR count). The number of hydrogen-bond donors (Lipinski definition) is 2. The molecule has 0 radical (unpaired) electrons. The summed E-state index contributed by atoms with van der Waals surface area (Å²) in [5.41, 5.74) is 0.594. The molecule has 0 atom stereocenters. The molecule has 0 aliphatic rings. The normalized spacial score (nSPS) is 11.3. The molecule has 0 unspecified atom stereocenters. The average Bonchev–Trinajstić information content (AvgIpc) is 2.46. The van der Waals surface area contributed by atoms with Crippen molar-refractivity contribution in [3.63, 3.8) is 0 Å². The quantitative estimate of drug-likeness (QED) is 0.799. The smallest absolute Gasteiger partial charge is 0.243 e. The van der Waals surface area contributed by atoms with Crippen LogP contribution < -0.4 is 10.0 Å². The van der Waals surface area contributed by atoms with E-state index in [4.69, 9.17) is 0 Å². The van der Waals surface area contributed by atoms with Gasteiger partial charge >= 0.3 is 0 Å². The molecule has 2 aromatic rings. The van der Waals surface area contributed by atoms with Crippen molar-refractivity contribution in [2.24, 2.45) is 0 Å². The summed E-state index contributed by atoms with van der Waals surface area (Å²) in [6.07, 6.45) is 4.11. The highest BCUT2D eigenvalue weighted by atomic mass is 32.2. The first-order valence-electron chi connectivity index (χ1n) is 6.35. The molecule has 0 aliphatic heterocycles. The molecule has 2 heterocycles. The summed E-state index contributed by atoms with van der Waals surface area (Å²) in [6, 6.07) is 1.65. The Morgan fingerprint density at radius 1 is 1.19 bits per heavy atom. The summed E-state index contributed by atoms with van der Waals surface area (Å²) >= 11 is 0. The monoisotopic (exact) mass is 308 g/mol. The first-order chi connectivity index (χ1) is 10.0. The summed E-state index contributed by atoms with van der Waals surface area (Å²) < 4.78 is 26.7. The molecular weight excluding hydrogens is 292 g/mol. The van der Waals surface area contributed by atoms with Crippen LogP contribution in [-0.2, 0) is 16.6 Å². The Kier molecular flexibility index (Phi) is 4.76. The van der Waals surface area contributed by atoms with Crippen LogP contribution in [0.2, 0.25) is 0 Å². The van der Waals surface area contributed by atoms with E-state index in [1.165, 1.54) is 12.4 Å². The van der Waals surface area contributed by atoms with Crippen LogP contribution in [0, 0.1) is 6.92 Å². The third-order valence-corrected chi connectivity index (χ3v) is 3.91. The summed E-state index contributed by atoms with van der Waals surface area (Å²) in [7, 11) is -3.67. The molecule has 0 amide bonds. The predicted octanol–water partition coefficient (Wildman–Crippen LogP) is 0.485. The Hall–Kier alpha value is -2.13. The van der Waals surface area contributed by atoms with Crippen molar-refractivity contribution in [2.75, 3.05) is 11.9 Å². The molecule has 8 nitrogen and oxygen atoms in total. The lowest BCUT2D eigenvalue weighted by Gasteiger charge is -2.07. The fraction of sp³-hybridized carbons (Fsp3) is 0.333. The highest BCUT2D eigenvalue weighted by molar-refractivity contribution is 7.89. The lowest BCUT2D eigenvalue weighted by Crippen LogP contribution is -2.24. The number of aryl methyl sites for hydroxylation is 1. The van der Waals surface area contributed by atoms with Gasteiger partial charge in [-0.2, -0.15) is 0 Å². The zero-order valence-corrected chi connectivity index (χ0v) is 12.6. The van der Waals surface area contributed by atoms with Crippen LogP contribution >= 0.6 is 0 Å².